The van der Waals surface area contributed by atoms with Crippen LogP contribution < -0.4 is 16.4 Å². The molecule has 0 aliphatic carbocycles. The SMILES string of the molecule is CN=C(N)c1c(C)cncc1-c1ccc(NC(=O)Nc2cc(C(C)C)nn2-c2cccnc2)c(F)c1. The van der Waals surface area contributed by atoms with Gasteiger partial charge in [-0.25, -0.2) is 13.9 Å². The number of nitrogens with zero attached hydrogens (tertiary/aromatic N) is 5. The number of nitrogens with two attached hydrogens (primary N) is 1. The molecule has 0 radical (unpaired) electrons. The summed E-state index contributed by atoms with van der Waals surface area (Å²) < 4.78 is 16.6. The Kier molecular flexibility index (Phi) is 7.05. The fraction of sp³-hybridized carbons (Fsp3) is 0.192. The summed E-state index contributed by atoms with van der Waals surface area (Å²) in [7, 11) is 1.59. The van der Waals surface area contributed by atoms with Crippen LogP contribution in [0.3, 0.4) is 0 Å². The van der Waals surface area contributed by atoms with Gasteiger partial charge >= 0.3 is 6.03 Å². The van der Waals surface area contributed by atoms with Crippen LogP contribution in [0.4, 0.5) is 20.7 Å². The predicted octanol–water partition coefficient (Wildman–Crippen LogP) is 4.88. The average Bonchev–Trinajstić information content (AvgIpc) is 3.29. The van der Waals surface area contributed by atoms with E-state index in [1.54, 1.807) is 54.7 Å². The summed E-state index contributed by atoms with van der Waals surface area (Å²) in [6.07, 6.45) is 6.58. The summed E-state index contributed by atoms with van der Waals surface area (Å²) in [5.74, 6) is 0.305. The molecule has 4 rings (SSSR count). The molecular formula is C26H27FN8O. The Hall–Kier alpha value is -4.60. The molecular weight excluding hydrogens is 459 g/mol. The summed E-state index contributed by atoms with van der Waals surface area (Å²) in [6.45, 7) is 5.87. The van der Waals surface area contributed by atoms with Crippen LogP contribution >= 0.6 is 0 Å². The fourth-order valence-electron chi connectivity index (χ4n) is 3.74. The van der Waals surface area contributed by atoms with Crippen LogP contribution in [0.5, 0.6) is 0 Å². The van der Waals surface area contributed by atoms with Crippen molar-refractivity contribution in [3.8, 4) is 16.8 Å². The summed E-state index contributed by atoms with van der Waals surface area (Å²) in [4.78, 5) is 25.2. The van der Waals surface area contributed by atoms with Crippen LogP contribution in [-0.2, 0) is 0 Å². The molecule has 0 aliphatic rings. The van der Waals surface area contributed by atoms with Crippen LogP contribution in [0.15, 0.2) is 66.2 Å². The minimum Gasteiger partial charge on any atom is -0.383 e. The average molecular weight is 487 g/mol. The molecule has 1 aromatic carbocycles. The first-order chi connectivity index (χ1) is 17.3. The molecule has 0 spiro atoms. The Morgan fingerprint density at radius 3 is 2.58 bits per heavy atom. The van der Waals surface area contributed by atoms with Gasteiger partial charge in [0, 0.05) is 42.8 Å². The number of urea groups is 1. The zero-order valence-corrected chi connectivity index (χ0v) is 20.5. The maximum Gasteiger partial charge on any atom is 0.324 e. The number of aromatic nitrogens is 4. The second-order valence-corrected chi connectivity index (χ2v) is 8.49. The highest BCUT2D eigenvalue weighted by Crippen LogP contribution is 2.29. The van der Waals surface area contributed by atoms with Crippen molar-refractivity contribution in [2.45, 2.75) is 26.7 Å². The van der Waals surface area contributed by atoms with Crippen molar-refractivity contribution in [2.75, 3.05) is 17.7 Å². The van der Waals surface area contributed by atoms with Crippen molar-refractivity contribution in [2.24, 2.45) is 10.7 Å². The fourth-order valence-corrected chi connectivity index (χ4v) is 3.74. The van der Waals surface area contributed by atoms with E-state index < -0.39 is 11.8 Å². The van der Waals surface area contributed by atoms with Gasteiger partial charge in [-0.1, -0.05) is 19.9 Å². The number of carbonyl (C=O) groups is 1. The number of anilines is 2. The number of aryl methyl sites for hydroxylation is 1. The second kappa shape index (κ2) is 10.3. The first-order valence-corrected chi connectivity index (χ1v) is 11.3. The van der Waals surface area contributed by atoms with Crippen LogP contribution in [0.2, 0.25) is 0 Å². The van der Waals surface area contributed by atoms with Gasteiger partial charge in [-0.05, 0) is 48.2 Å². The molecule has 0 saturated heterocycles. The Morgan fingerprint density at radius 2 is 1.92 bits per heavy atom. The highest BCUT2D eigenvalue weighted by Gasteiger charge is 2.17. The number of benzene rings is 1. The quantitative estimate of drug-likeness (QED) is 0.265. The molecule has 3 heterocycles. The maximum atomic E-state index is 15.1. The molecule has 4 aromatic rings. The Morgan fingerprint density at radius 1 is 1.11 bits per heavy atom. The lowest BCUT2D eigenvalue weighted by molar-refractivity contribution is 0.262. The first-order valence-electron chi connectivity index (χ1n) is 11.3. The molecule has 10 heteroatoms. The highest BCUT2D eigenvalue weighted by atomic mass is 19.1. The molecule has 36 heavy (non-hydrogen) atoms. The van der Waals surface area contributed by atoms with E-state index in [-0.39, 0.29) is 11.6 Å². The van der Waals surface area contributed by atoms with Gasteiger partial charge in [-0.3, -0.25) is 20.3 Å². The third kappa shape index (κ3) is 5.07. The number of carbonyl (C=O) groups excluding carboxylic acids is 1. The number of halogens is 1. The molecule has 3 aromatic heterocycles. The Labute approximate surface area is 208 Å². The van der Waals surface area contributed by atoms with Crippen LogP contribution in [0.1, 0.15) is 36.6 Å². The van der Waals surface area contributed by atoms with E-state index in [0.29, 0.717) is 34.0 Å². The van der Waals surface area contributed by atoms with E-state index in [0.717, 1.165) is 11.3 Å². The third-order valence-corrected chi connectivity index (χ3v) is 5.61. The van der Waals surface area contributed by atoms with E-state index in [1.165, 1.54) is 12.1 Å². The van der Waals surface area contributed by atoms with Gasteiger partial charge in [0.15, 0.2) is 0 Å². The monoisotopic (exact) mass is 486 g/mol. The second-order valence-electron chi connectivity index (χ2n) is 8.49. The van der Waals surface area contributed by atoms with Crippen molar-refractivity contribution in [1.82, 2.24) is 19.7 Å². The zero-order valence-electron chi connectivity index (χ0n) is 20.5. The molecule has 2 amide bonds. The number of nitrogens with one attached hydrogen (secondary N) is 2. The molecule has 4 N–H and O–H groups in total. The van der Waals surface area contributed by atoms with E-state index in [2.05, 4.69) is 30.7 Å². The molecule has 0 fully saturated rings. The lowest BCUT2D eigenvalue weighted by atomic mass is 9.97. The topological polar surface area (TPSA) is 123 Å². The van der Waals surface area contributed by atoms with Gasteiger partial charge in [0.1, 0.15) is 17.5 Å². The van der Waals surface area contributed by atoms with Gasteiger partial charge in [-0.15, -0.1) is 0 Å². The van der Waals surface area contributed by atoms with Gasteiger partial charge < -0.3 is 11.1 Å². The van der Waals surface area contributed by atoms with Crippen molar-refractivity contribution in [3.05, 3.63) is 83.8 Å². The number of pyridine rings is 2. The van der Waals surface area contributed by atoms with Crippen molar-refractivity contribution < 1.29 is 9.18 Å². The molecule has 184 valence electrons. The minimum atomic E-state index is -0.609. The van der Waals surface area contributed by atoms with Gasteiger partial charge in [0.25, 0.3) is 0 Å². The third-order valence-electron chi connectivity index (χ3n) is 5.61. The summed E-state index contributed by atoms with van der Waals surface area (Å²) in [5.41, 5.74) is 10.3. The van der Waals surface area contributed by atoms with Crippen LogP contribution in [-0.4, -0.2) is 38.7 Å². The smallest absolute Gasteiger partial charge is 0.324 e. The molecule has 0 aliphatic heterocycles. The molecule has 0 saturated carbocycles. The van der Waals surface area contributed by atoms with E-state index >= 15 is 4.39 Å². The van der Waals surface area contributed by atoms with Crippen LogP contribution in [0.25, 0.3) is 16.8 Å². The summed E-state index contributed by atoms with van der Waals surface area (Å²) in [6, 6.07) is 9.30. The zero-order chi connectivity index (χ0) is 25.8. The van der Waals surface area contributed by atoms with Gasteiger partial charge in [-0.2, -0.15) is 5.10 Å². The first kappa shape index (κ1) is 24.5. The number of amides is 2. The highest BCUT2D eigenvalue weighted by molar-refractivity contribution is 6.04. The van der Waals surface area contributed by atoms with Crippen molar-refractivity contribution in [1.29, 1.82) is 0 Å². The number of hydrogen-bond acceptors (Lipinski definition) is 5. The van der Waals surface area contributed by atoms with E-state index in [1.807, 2.05) is 26.8 Å². The number of rotatable bonds is 6. The van der Waals surface area contributed by atoms with Crippen molar-refractivity contribution >= 4 is 23.4 Å². The summed E-state index contributed by atoms with van der Waals surface area (Å²) >= 11 is 0. The molecule has 9 nitrogen and oxygen atoms in total. The standard InChI is InChI=1S/C26H27FN8O/c1-15(2)22-11-23(35(34-22)18-6-5-9-30-13-18)33-26(36)32-21-8-7-17(10-20(21)27)19-14-31-12-16(3)24(19)25(28)29-4/h5-15H,1-4H3,(H2,28,29)(H2,32,33,36). The summed E-state index contributed by atoms with van der Waals surface area (Å²) in [5, 5.41) is 9.90. The lowest BCUT2D eigenvalue weighted by Gasteiger charge is -2.13. The molecule has 0 atom stereocenters. The largest absolute Gasteiger partial charge is 0.383 e. The van der Waals surface area contributed by atoms with E-state index in [9.17, 15) is 4.79 Å². The van der Waals surface area contributed by atoms with Crippen molar-refractivity contribution in [3.63, 3.8) is 0 Å². The predicted molar refractivity (Wildman–Crippen MR) is 139 cm³/mol. The number of aliphatic imine (C=N–C) groups is 1. The van der Waals surface area contributed by atoms with Crippen LogP contribution in [0, 0.1) is 12.7 Å². The Balaban J connectivity index is 1.58. The van der Waals surface area contributed by atoms with E-state index in [4.69, 9.17) is 5.73 Å². The minimum absolute atomic E-state index is 0.0204. The molecule has 0 bridgehead atoms. The maximum absolute atomic E-state index is 15.1. The number of amidine groups is 1. The van der Waals surface area contributed by atoms with Gasteiger partial charge in [0.05, 0.1) is 23.3 Å². The van der Waals surface area contributed by atoms with Gasteiger partial charge in [0.2, 0.25) is 0 Å². The lowest BCUT2D eigenvalue weighted by Crippen LogP contribution is -2.22. The molecule has 0 unspecified atom stereocenters. The normalized spacial score (nSPS) is 11.6. The number of hydrogen-bond donors (Lipinski definition) is 3. The Bertz CT molecular complexity index is 1430.